The van der Waals surface area contributed by atoms with Gasteiger partial charge in [0.1, 0.15) is 0 Å². The maximum Gasteiger partial charge on any atom is 0.380 e. The zero-order valence-electron chi connectivity index (χ0n) is 9.21. The molecule has 0 bridgehead atoms. The Bertz CT molecular complexity index is 617. The Labute approximate surface area is 95.8 Å². The van der Waals surface area contributed by atoms with Crippen LogP contribution in [0.2, 0.25) is 0 Å². The van der Waals surface area contributed by atoms with Crippen molar-refractivity contribution in [1.82, 2.24) is 9.38 Å². The SMILES string of the molecule is COC(=O)c1c(C)nc2cccc([N+](=O)[O-])n12. The Kier molecular flexibility index (Phi) is 2.51. The van der Waals surface area contributed by atoms with Crippen molar-refractivity contribution in [3.8, 4) is 0 Å². The molecule has 88 valence electrons. The Hall–Kier alpha value is -2.44. The lowest BCUT2D eigenvalue weighted by atomic mass is 10.3. The van der Waals surface area contributed by atoms with Gasteiger partial charge in [-0.25, -0.2) is 9.78 Å². The highest BCUT2D eigenvalue weighted by atomic mass is 16.6. The highest BCUT2D eigenvalue weighted by Gasteiger charge is 2.26. The number of hydrogen-bond acceptors (Lipinski definition) is 5. The minimum atomic E-state index is -0.649. The largest absolute Gasteiger partial charge is 0.463 e. The van der Waals surface area contributed by atoms with Crippen LogP contribution in [0.5, 0.6) is 0 Å². The second kappa shape index (κ2) is 3.85. The Morgan fingerprint density at radius 2 is 2.24 bits per heavy atom. The number of nitrogens with zero attached hydrogens (tertiary/aromatic N) is 3. The predicted molar refractivity (Wildman–Crippen MR) is 57.9 cm³/mol. The lowest BCUT2D eigenvalue weighted by Gasteiger charge is -2.00. The van der Waals surface area contributed by atoms with Crippen LogP contribution < -0.4 is 0 Å². The molecule has 0 aliphatic rings. The van der Waals surface area contributed by atoms with E-state index in [0.29, 0.717) is 11.3 Å². The molecule has 17 heavy (non-hydrogen) atoms. The van der Waals surface area contributed by atoms with Gasteiger partial charge in [0.2, 0.25) is 11.3 Å². The van der Waals surface area contributed by atoms with Crippen LogP contribution in [-0.2, 0) is 4.74 Å². The van der Waals surface area contributed by atoms with Crippen molar-refractivity contribution in [2.75, 3.05) is 7.11 Å². The van der Waals surface area contributed by atoms with E-state index in [1.54, 1.807) is 13.0 Å². The van der Waals surface area contributed by atoms with Crippen LogP contribution in [0, 0.1) is 17.0 Å². The number of carbonyl (C=O) groups excluding carboxylic acids is 1. The molecule has 0 aliphatic carbocycles. The Morgan fingerprint density at radius 3 is 2.82 bits per heavy atom. The van der Waals surface area contributed by atoms with E-state index >= 15 is 0 Å². The molecule has 0 saturated heterocycles. The molecule has 0 atom stereocenters. The van der Waals surface area contributed by atoms with Crippen LogP contribution in [-0.4, -0.2) is 27.4 Å². The van der Waals surface area contributed by atoms with Gasteiger partial charge < -0.3 is 14.9 Å². The molecule has 0 unspecified atom stereocenters. The van der Waals surface area contributed by atoms with Crippen LogP contribution in [0.25, 0.3) is 5.65 Å². The van der Waals surface area contributed by atoms with Crippen molar-refractivity contribution in [3.05, 3.63) is 39.7 Å². The average Bonchev–Trinajstić information content (AvgIpc) is 2.63. The van der Waals surface area contributed by atoms with E-state index in [9.17, 15) is 14.9 Å². The highest BCUT2D eigenvalue weighted by molar-refractivity contribution is 5.90. The second-order valence-electron chi connectivity index (χ2n) is 3.37. The number of methoxy groups -OCH3 is 1. The predicted octanol–water partition coefficient (Wildman–Crippen LogP) is 1.34. The molecule has 2 aromatic heterocycles. The quantitative estimate of drug-likeness (QED) is 0.445. The molecule has 0 radical (unpaired) electrons. The molecule has 2 heterocycles. The molecular formula is C10H9N3O4. The summed E-state index contributed by atoms with van der Waals surface area (Å²) in [4.78, 5) is 26.0. The first kappa shape index (κ1) is 11.1. The van der Waals surface area contributed by atoms with Crippen LogP contribution >= 0.6 is 0 Å². The molecule has 0 saturated carbocycles. The Balaban J connectivity index is 2.86. The van der Waals surface area contributed by atoms with Crippen molar-refractivity contribution in [3.63, 3.8) is 0 Å². The third-order valence-electron chi connectivity index (χ3n) is 2.36. The van der Waals surface area contributed by atoms with Gasteiger partial charge in [-0.05, 0) is 17.9 Å². The number of aromatic nitrogens is 2. The van der Waals surface area contributed by atoms with Gasteiger partial charge in [0.05, 0.1) is 12.8 Å². The standard InChI is InChI=1S/C10H9N3O4/c1-6-9(10(14)17-2)12-7(11-6)4-3-5-8(12)13(15)16/h3-5H,1-2H3. The summed E-state index contributed by atoms with van der Waals surface area (Å²) in [6.07, 6.45) is 0. The summed E-state index contributed by atoms with van der Waals surface area (Å²) in [5.74, 6) is -0.868. The molecular weight excluding hydrogens is 226 g/mol. The van der Waals surface area contributed by atoms with Crippen LogP contribution in [0.15, 0.2) is 18.2 Å². The maximum absolute atomic E-state index is 11.6. The monoisotopic (exact) mass is 235 g/mol. The number of nitro groups is 1. The van der Waals surface area contributed by atoms with Crippen LogP contribution in [0.4, 0.5) is 5.82 Å². The number of fused-ring (bicyclic) bond motifs is 1. The Morgan fingerprint density at radius 1 is 1.53 bits per heavy atom. The third-order valence-corrected chi connectivity index (χ3v) is 2.36. The number of esters is 1. The highest BCUT2D eigenvalue weighted by Crippen LogP contribution is 2.20. The van der Waals surface area contributed by atoms with Crippen molar-refractivity contribution in [2.24, 2.45) is 0 Å². The molecule has 2 aromatic rings. The molecule has 0 amide bonds. The summed E-state index contributed by atoms with van der Waals surface area (Å²) in [7, 11) is 1.22. The minimum Gasteiger partial charge on any atom is -0.463 e. The fourth-order valence-electron chi connectivity index (χ4n) is 1.67. The van der Waals surface area contributed by atoms with Crippen LogP contribution in [0.3, 0.4) is 0 Å². The fraction of sp³-hybridized carbons (Fsp3) is 0.200. The molecule has 0 aliphatic heterocycles. The lowest BCUT2D eigenvalue weighted by molar-refractivity contribution is -0.390. The molecule has 0 aromatic carbocycles. The van der Waals surface area contributed by atoms with Crippen molar-refractivity contribution < 1.29 is 14.5 Å². The van der Waals surface area contributed by atoms with Gasteiger partial charge in [-0.3, -0.25) is 0 Å². The van der Waals surface area contributed by atoms with Gasteiger partial charge in [0.25, 0.3) is 0 Å². The van der Waals surface area contributed by atoms with Crippen molar-refractivity contribution in [2.45, 2.75) is 6.92 Å². The number of imidazole rings is 1. The summed E-state index contributed by atoms with van der Waals surface area (Å²) in [6, 6.07) is 4.41. The summed E-state index contributed by atoms with van der Waals surface area (Å²) in [5.41, 5.74) is 0.818. The van der Waals surface area contributed by atoms with Gasteiger partial charge in [-0.1, -0.05) is 0 Å². The van der Waals surface area contributed by atoms with E-state index in [2.05, 4.69) is 9.72 Å². The van der Waals surface area contributed by atoms with Gasteiger partial charge in [-0.15, -0.1) is 0 Å². The topological polar surface area (TPSA) is 86.7 Å². The van der Waals surface area contributed by atoms with E-state index in [-0.39, 0.29) is 11.5 Å². The third kappa shape index (κ3) is 1.61. The minimum absolute atomic E-state index is 0.0785. The first-order valence-corrected chi connectivity index (χ1v) is 4.77. The smallest absolute Gasteiger partial charge is 0.380 e. The van der Waals surface area contributed by atoms with E-state index < -0.39 is 10.9 Å². The first-order chi connectivity index (χ1) is 8.06. The number of ether oxygens (including phenoxy) is 1. The summed E-state index contributed by atoms with van der Waals surface area (Å²) >= 11 is 0. The molecule has 2 rings (SSSR count). The molecule has 0 spiro atoms. The summed E-state index contributed by atoms with van der Waals surface area (Å²) in [5, 5.41) is 10.9. The number of hydrogen-bond donors (Lipinski definition) is 0. The van der Waals surface area contributed by atoms with E-state index in [0.717, 1.165) is 0 Å². The summed E-state index contributed by atoms with van der Waals surface area (Å²) < 4.78 is 5.78. The second-order valence-corrected chi connectivity index (χ2v) is 3.37. The molecule has 7 heteroatoms. The lowest BCUT2D eigenvalue weighted by Crippen LogP contribution is -2.09. The molecule has 7 nitrogen and oxygen atoms in total. The van der Waals surface area contributed by atoms with E-state index in [1.165, 1.54) is 23.6 Å². The van der Waals surface area contributed by atoms with Gasteiger partial charge in [0.15, 0.2) is 0 Å². The zero-order chi connectivity index (χ0) is 12.6. The van der Waals surface area contributed by atoms with Gasteiger partial charge in [0, 0.05) is 12.1 Å². The normalized spacial score (nSPS) is 10.5. The number of carbonyl (C=O) groups is 1. The number of pyridine rings is 1. The average molecular weight is 235 g/mol. The zero-order valence-corrected chi connectivity index (χ0v) is 9.21. The fourth-order valence-corrected chi connectivity index (χ4v) is 1.67. The van der Waals surface area contributed by atoms with Gasteiger partial charge >= 0.3 is 11.8 Å². The van der Waals surface area contributed by atoms with E-state index in [1.807, 2.05) is 0 Å². The summed E-state index contributed by atoms with van der Waals surface area (Å²) in [6.45, 7) is 1.60. The van der Waals surface area contributed by atoms with E-state index in [4.69, 9.17) is 0 Å². The van der Waals surface area contributed by atoms with Crippen LogP contribution in [0.1, 0.15) is 16.2 Å². The van der Waals surface area contributed by atoms with Crippen molar-refractivity contribution in [1.29, 1.82) is 0 Å². The van der Waals surface area contributed by atoms with Gasteiger partial charge in [-0.2, -0.15) is 4.40 Å². The number of rotatable bonds is 2. The molecule has 0 N–H and O–H groups in total. The molecule has 0 fully saturated rings. The van der Waals surface area contributed by atoms with Crippen molar-refractivity contribution >= 4 is 17.4 Å². The maximum atomic E-state index is 11.6. The first-order valence-electron chi connectivity index (χ1n) is 4.77. The number of aryl methyl sites for hydroxylation is 1.